The molecule has 0 saturated carbocycles. The van der Waals surface area contributed by atoms with Crippen molar-refractivity contribution in [3.8, 4) is 68.0 Å². The van der Waals surface area contributed by atoms with Gasteiger partial charge in [-0.15, -0.1) is 11.3 Å². The first kappa shape index (κ1) is 74.3. The molecule has 9 nitrogen and oxygen atoms in total. The lowest BCUT2D eigenvalue weighted by atomic mass is 10.0. The van der Waals surface area contributed by atoms with Crippen LogP contribution >= 0.6 is 11.3 Å². The van der Waals surface area contributed by atoms with Crippen LogP contribution in [0.4, 0.5) is 0 Å². The number of hydrogen-bond acceptors (Lipinski definition) is 6. The minimum Gasteiger partial charge on any atom is -0.456 e. The summed E-state index contributed by atoms with van der Waals surface area (Å²) in [6.07, 6.45) is 0. The number of nitrogens with zero attached hydrogens (tertiary/aromatic N) is 8. The summed E-state index contributed by atoms with van der Waals surface area (Å²) in [5.41, 5.74) is 23.3. The molecule has 0 N–H and O–H groups in total. The summed E-state index contributed by atoms with van der Waals surface area (Å²) < 4.78 is 18.6. The van der Waals surface area contributed by atoms with Crippen LogP contribution in [0.3, 0.4) is 0 Å². The zero-order chi connectivity index (χ0) is 87.5. The molecule has 0 bridgehead atoms. The van der Waals surface area contributed by atoms with Crippen LogP contribution in [0.5, 0.6) is 0 Å². The van der Waals surface area contributed by atoms with E-state index in [0.29, 0.717) is 11.6 Å². The average molecular weight is 1720 g/mol. The van der Waals surface area contributed by atoms with E-state index in [2.05, 4.69) is 437 Å². The van der Waals surface area contributed by atoms with Crippen LogP contribution in [-0.2, 0) is 0 Å². The van der Waals surface area contributed by atoms with E-state index in [-0.39, 0.29) is 0 Å². The molecular weight excluding hydrogens is 1650 g/mol. The van der Waals surface area contributed by atoms with Crippen molar-refractivity contribution in [2.24, 2.45) is 0 Å². The lowest BCUT2D eigenvalue weighted by Crippen LogP contribution is -1.99. The van der Waals surface area contributed by atoms with Crippen LogP contribution in [0.25, 0.3) is 284 Å². The lowest BCUT2D eigenvalue weighted by Gasteiger charge is -2.15. The second-order valence-corrected chi connectivity index (χ2v) is 36.5. The van der Waals surface area contributed by atoms with Gasteiger partial charge in [-0.1, -0.05) is 291 Å². The monoisotopic (exact) mass is 1720 g/mol. The molecule has 8 aromatic heterocycles. The average Bonchev–Trinajstić information content (AvgIpc) is 1.57. The predicted molar refractivity (Wildman–Crippen MR) is 563 cm³/mol. The van der Waals surface area contributed by atoms with Crippen molar-refractivity contribution in [1.29, 1.82) is 0 Å². The number of furan rings is 1. The van der Waals surface area contributed by atoms with E-state index < -0.39 is 0 Å². The Balaban J connectivity index is 0.000000131. The van der Waals surface area contributed by atoms with Gasteiger partial charge in [0, 0.05) is 130 Å². The number of thiophene rings is 1. The molecule has 0 aliphatic heterocycles. The Morgan fingerprint density at radius 3 is 1.25 bits per heavy atom. The van der Waals surface area contributed by atoms with E-state index in [0.717, 1.165) is 144 Å². The second kappa shape index (κ2) is 28.9. The van der Waals surface area contributed by atoms with E-state index in [4.69, 9.17) is 24.4 Å². The van der Waals surface area contributed by atoms with Crippen LogP contribution in [0.15, 0.2) is 441 Å². The maximum Gasteiger partial charge on any atom is 0.161 e. The van der Waals surface area contributed by atoms with Gasteiger partial charge in [0.25, 0.3) is 0 Å². The SMILES string of the molecule is c1ccc2c(-c3nc(-c4ccc5c(c4)sc4ccccc45)c4ccccc4n3)cc(-n3c4ccccc4c4cc5cc(-n6c7ccccc7c7c8ccccc8ccc76)ccc5cc43)cc2c1.c1ccc2c(c1)ccc1c2c2ccccc2n1-c1ccc2cc3c(cc2c1)c1ccccc1n3-c1cccc2c(-c3nc(-c4ccc5c(c4)oc4ccccc45)c4ccccc4n3)cccc12. The van der Waals surface area contributed by atoms with Gasteiger partial charge in [-0.3, -0.25) is 0 Å². The van der Waals surface area contributed by atoms with Gasteiger partial charge in [-0.2, -0.15) is 0 Å². The molecular formula is C124H72N8OS. The van der Waals surface area contributed by atoms with Gasteiger partial charge >= 0.3 is 0 Å². The summed E-state index contributed by atoms with van der Waals surface area (Å²) in [6, 6.07) is 158. The van der Waals surface area contributed by atoms with Crippen molar-refractivity contribution in [3.63, 3.8) is 0 Å². The van der Waals surface area contributed by atoms with Crippen LogP contribution < -0.4 is 0 Å². The Bertz CT molecular complexity index is 10400. The molecule has 8 heterocycles. The molecule has 22 aromatic carbocycles. The molecule has 0 spiro atoms. The van der Waals surface area contributed by atoms with Crippen molar-refractivity contribution < 1.29 is 4.42 Å². The van der Waals surface area contributed by atoms with Crippen LogP contribution in [0.1, 0.15) is 0 Å². The molecule has 0 atom stereocenters. The number of rotatable bonds is 8. The Kier molecular flexibility index (Phi) is 16.0. The summed E-state index contributed by atoms with van der Waals surface area (Å²) in [4.78, 5) is 21.5. The topological polar surface area (TPSA) is 84.4 Å². The second-order valence-electron chi connectivity index (χ2n) is 35.4. The Labute approximate surface area is 769 Å². The van der Waals surface area contributed by atoms with Crippen LogP contribution in [-0.4, -0.2) is 38.2 Å². The van der Waals surface area contributed by atoms with Gasteiger partial charge in [0.1, 0.15) is 11.2 Å². The normalized spacial score (nSPS) is 12.2. The minimum atomic E-state index is 0.682. The van der Waals surface area contributed by atoms with Gasteiger partial charge in [0.2, 0.25) is 0 Å². The summed E-state index contributed by atoms with van der Waals surface area (Å²) in [6.45, 7) is 0. The minimum absolute atomic E-state index is 0.682. The third-order valence-electron chi connectivity index (χ3n) is 28.1. The van der Waals surface area contributed by atoms with Crippen molar-refractivity contribution in [1.82, 2.24) is 38.2 Å². The van der Waals surface area contributed by atoms with Crippen molar-refractivity contribution in [3.05, 3.63) is 437 Å². The molecule has 134 heavy (non-hydrogen) atoms. The number of fused-ring (bicyclic) bond motifs is 28. The Morgan fingerprint density at radius 2 is 0.627 bits per heavy atom. The largest absolute Gasteiger partial charge is 0.456 e. The van der Waals surface area contributed by atoms with E-state index in [9.17, 15) is 0 Å². The van der Waals surface area contributed by atoms with Gasteiger partial charge in [-0.25, -0.2) is 19.9 Å². The molecule has 0 amide bonds. The fourth-order valence-electron chi connectivity index (χ4n) is 22.1. The molecule has 0 unspecified atom stereocenters. The molecule has 0 aliphatic rings. The number of para-hydroxylation sites is 7. The molecule has 30 aromatic rings. The number of benzene rings is 22. The fourth-order valence-corrected chi connectivity index (χ4v) is 23.3. The molecule has 0 aliphatic carbocycles. The highest BCUT2D eigenvalue weighted by atomic mass is 32.1. The Morgan fingerprint density at radius 1 is 0.194 bits per heavy atom. The van der Waals surface area contributed by atoms with E-state index in [1.54, 1.807) is 0 Å². The standard InChI is InChI=1S/C62H36N4O.C62H36N4S/c1-2-14-42-37(13-1)29-32-56-60(42)50-18-5-9-24-55(50)65(56)41-30-27-38-35-57-51(34-40(38)33-41)45-15-4-8-23-53(45)66(57)54-25-12-19-43-44(54)20-11-21-48(43)62-63-52-22-7-3-17-49(52)61(64-62)39-28-31-47-46-16-6-10-26-58(46)67-59(47)36-39;1-4-16-45-37(13-1)27-30-56-60(45)50-20-7-11-23-55(50)65(56)42-28-25-38-34-57-51(33-41(38)32-42)46-17-6-10-22-54(46)66(57)43-31-39-14-2-3-15-44(39)52(36-43)62-63-53-21-9-5-19-49(53)61(64-62)40-26-29-48-47-18-8-12-24-58(47)67-59(48)35-40/h2*1-36H. The smallest absolute Gasteiger partial charge is 0.161 e. The van der Waals surface area contributed by atoms with Crippen molar-refractivity contribution in [2.45, 2.75) is 0 Å². The predicted octanol–water partition coefficient (Wildman–Crippen LogP) is 33.5. The fraction of sp³-hybridized carbons (Fsp3) is 0. The zero-order valence-corrected chi connectivity index (χ0v) is 72.8. The van der Waals surface area contributed by atoms with Crippen molar-refractivity contribution >= 4 is 227 Å². The molecule has 0 fully saturated rings. The van der Waals surface area contributed by atoms with Gasteiger partial charge in [0.15, 0.2) is 11.6 Å². The number of aromatic nitrogens is 8. The Hall–Kier alpha value is -17.7. The molecule has 620 valence electrons. The van der Waals surface area contributed by atoms with Crippen LogP contribution in [0, 0.1) is 0 Å². The lowest BCUT2D eigenvalue weighted by molar-refractivity contribution is 0.669. The van der Waals surface area contributed by atoms with E-state index >= 15 is 0 Å². The van der Waals surface area contributed by atoms with Crippen molar-refractivity contribution in [2.75, 3.05) is 0 Å². The zero-order valence-electron chi connectivity index (χ0n) is 72.0. The first-order valence-electron chi connectivity index (χ1n) is 45.6. The maximum atomic E-state index is 6.35. The summed E-state index contributed by atoms with van der Waals surface area (Å²) in [7, 11) is 0. The highest BCUT2D eigenvalue weighted by molar-refractivity contribution is 7.25. The van der Waals surface area contributed by atoms with E-state index in [1.807, 2.05) is 29.5 Å². The quantitative estimate of drug-likeness (QED) is 0.151. The third-order valence-corrected chi connectivity index (χ3v) is 29.2. The maximum absolute atomic E-state index is 6.35. The summed E-state index contributed by atoms with van der Waals surface area (Å²) in [5.74, 6) is 1.39. The summed E-state index contributed by atoms with van der Waals surface area (Å²) >= 11 is 1.83. The van der Waals surface area contributed by atoms with Gasteiger partial charge < -0.3 is 22.7 Å². The first-order chi connectivity index (χ1) is 66.4. The highest BCUT2D eigenvalue weighted by Crippen LogP contribution is 2.48. The first-order valence-corrected chi connectivity index (χ1v) is 46.4. The summed E-state index contributed by atoms with van der Waals surface area (Å²) in [5, 5.41) is 31.1. The number of hydrogen-bond donors (Lipinski definition) is 0. The van der Waals surface area contributed by atoms with Gasteiger partial charge in [0.05, 0.1) is 72.2 Å². The highest BCUT2D eigenvalue weighted by Gasteiger charge is 2.26. The van der Waals surface area contributed by atoms with E-state index in [1.165, 1.54) is 128 Å². The van der Waals surface area contributed by atoms with Crippen LogP contribution in [0.2, 0.25) is 0 Å². The molecule has 30 rings (SSSR count). The third kappa shape index (κ3) is 11.2. The molecule has 10 heteroatoms. The van der Waals surface area contributed by atoms with Gasteiger partial charge in [-0.05, 0) is 205 Å². The molecule has 0 radical (unpaired) electrons. The molecule has 0 saturated heterocycles.